The summed E-state index contributed by atoms with van der Waals surface area (Å²) in [7, 11) is 0. The van der Waals surface area contributed by atoms with E-state index in [1.165, 1.54) is 0 Å². The van der Waals surface area contributed by atoms with Crippen LogP contribution in [0.4, 0.5) is 0 Å². The van der Waals surface area contributed by atoms with Crippen molar-refractivity contribution in [2.45, 2.75) is 39.3 Å². The second-order valence-corrected chi connectivity index (χ2v) is 5.96. The van der Waals surface area contributed by atoms with Crippen molar-refractivity contribution in [1.82, 2.24) is 5.32 Å². The van der Waals surface area contributed by atoms with E-state index >= 15 is 0 Å². The highest BCUT2D eigenvalue weighted by atomic mass is 79.9. The molecule has 0 bridgehead atoms. The molecule has 20 heavy (non-hydrogen) atoms. The average Bonchev–Trinajstić information content (AvgIpc) is 2.43. The first kappa shape index (κ1) is 17.0. The quantitative estimate of drug-likeness (QED) is 0.800. The van der Waals surface area contributed by atoms with E-state index in [1.807, 2.05) is 45.0 Å². The van der Waals surface area contributed by atoms with Gasteiger partial charge >= 0.3 is 0 Å². The highest BCUT2D eigenvalue weighted by Gasteiger charge is 2.19. The fourth-order valence-electron chi connectivity index (χ4n) is 1.69. The predicted octanol–water partition coefficient (Wildman–Crippen LogP) is 2.71. The van der Waals surface area contributed by atoms with Crippen LogP contribution in [-0.2, 0) is 4.79 Å². The van der Waals surface area contributed by atoms with Crippen molar-refractivity contribution < 1.29 is 9.53 Å². The van der Waals surface area contributed by atoms with Gasteiger partial charge in [0.1, 0.15) is 11.9 Å². The van der Waals surface area contributed by atoms with Crippen molar-refractivity contribution in [3.8, 4) is 5.75 Å². The van der Waals surface area contributed by atoms with Gasteiger partial charge in [0.05, 0.1) is 12.6 Å². The van der Waals surface area contributed by atoms with Gasteiger partial charge < -0.3 is 15.8 Å². The van der Waals surface area contributed by atoms with Crippen LogP contribution in [0.3, 0.4) is 0 Å². The molecule has 112 valence electrons. The van der Waals surface area contributed by atoms with E-state index < -0.39 is 6.04 Å². The Morgan fingerprint density at radius 2 is 2.15 bits per heavy atom. The van der Waals surface area contributed by atoms with Gasteiger partial charge in [0.25, 0.3) is 0 Å². The summed E-state index contributed by atoms with van der Waals surface area (Å²) in [6.07, 6.45) is 0.774. The van der Waals surface area contributed by atoms with Crippen molar-refractivity contribution in [3.05, 3.63) is 28.7 Å². The maximum Gasteiger partial charge on any atom is 0.237 e. The van der Waals surface area contributed by atoms with Crippen LogP contribution in [0.25, 0.3) is 0 Å². The van der Waals surface area contributed by atoms with Crippen LogP contribution in [0.5, 0.6) is 5.75 Å². The molecule has 0 aromatic heterocycles. The number of carbonyl (C=O) groups excluding carboxylic acids is 1. The van der Waals surface area contributed by atoms with Crippen LogP contribution in [0.15, 0.2) is 28.7 Å². The third kappa shape index (κ3) is 5.51. The van der Waals surface area contributed by atoms with E-state index in [0.717, 1.165) is 16.6 Å². The number of amides is 1. The van der Waals surface area contributed by atoms with Gasteiger partial charge in [-0.3, -0.25) is 4.79 Å². The molecule has 0 saturated carbocycles. The molecule has 3 atom stereocenters. The lowest BCUT2D eigenvalue weighted by Gasteiger charge is -2.20. The topological polar surface area (TPSA) is 64.4 Å². The summed E-state index contributed by atoms with van der Waals surface area (Å²) < 4.78 is 6.69. The molecule has 1 amide bonds. The molecule has 3 unspecified atom stereocenters. The summed E-state index contributed by atoms with van der Waals surface area (Å²) in [5.41, 5.74) is 5.87. The normalized spacial score (nSPS) is 15.2. The zero-order chi connectivity index (χ0) is 15.1. The zero-order valence-electron chi connectivity index (χ0n) is 12.2. The second-order valence-electron chi connectivity index (χ2n) is 5.04. The van der Waals surface area contributed by atoms with E-state index in [0.29, 0.717) is 6.54 Å². The number of carbonyl (C=O) groups is 1. The Labute approximate surface area is 129 Å². The van der Waals surface area contributed by atoms with Gasteiger partial charge in [-0.05, 0) is 31.0 Å². The fraction of sp³-hybridized carbons (Fsp3) is 0.533. The minimum absolute atomic E-state index is 0.114. The smallest absolute Gasteiger partial charge is 0.237 e. The number of hydrogen-bond acceptors (Lipinski definition) is 3. The highest BCUT2D eigenvalue weighted by Crippen LogP contribution is 2.18. The molecular weight excluding hydrogens is 320 g/mol. The maximum absolute atomic E-state index is 11.9. The van der Waals surface area contributed by atoms with Gasteiger partial charge in [-0.15, -0.1) is 0 Å². The molecule has 0 heterocycles. The summed E-state index contributed by atoms with van der Waals surface area (Å²) in [5, 5.41) is 2.83. The minimum Gasteiger partial charge on any atom is -0.489 e. The van der Waals surface area contributed by atoms with E-state index in [2.05, 4.69) is 21.2 Å². The molecular formula is C15H23BrN2O2. The van der Waals surface area contributed by atoms with Crippen LogP contribution in [0.2, 0.25) is 0 Å². The fourth-order valence-corrected chi connectivity index (χ4v) is 2.07. The van der Waals surface area contributed by atoms with Crippen molar-refractivity contribution in [1.29, 1.82) is 0 Å². The number of halogens is 1. The van der Waals surface area contributed by atoms with Crippen LogP contribution >= 0.6 is 15.9 Å². The van der Waals surface area contributed by atoms with Crippen molar-refractivity contribution >= 4 is 21.8 Å². The molecule has 0 spiro atoms. The van der Waals surface area contributed by atoms with Gasteiger partial charge in [-0.25, -0.2) is 0 Å². The second kappa shape index (κ2) is 8.27. The lowest BCUT2D eigenvalue weighted by molar-refractivity contribution is -0.123. The molecule has 3 N–H and O–H groups in total. The molecule has 0 fully saturated rings. The number of nitrogens with two attached hydrogens (primary N) is 1. The predicted molar refractivity (Wildman–Crippen MR) is 84.7 cm³/mol. The summed E-state index contributed by atoms with van der Waals surface area (Å²) in [6.45, 7) is 6.36. The van der Waals surface area contributed by atoms with Crippen molar-refractivity contribution in [3.63, 3.8) is 0 Å². The van der Waals surface area contributed by atoms with Crippen molar-refractivity contribution in [2.75, 3.05) is 6.54 Å². The molecule has 0 aliphatic heterocycles. The van der Waals surface area contributed by atoms with Crippen LogP contribution < -0.4 is 15.8 Å². The van der Waals surface area contributed by atoms with Gasteiger partial charge in [0, 0.05) is 4.47 Å². The molecule has 0 saturated heterocycles. The Morgan fingerprint density at radius 3 is 2.75 bits per heavy atom. The van der Waals surface area contributed by atoms with E-state index in [-0.39, 0.29) is 17.9 Å². The Bertz CT molecular complexity index is 440. The number of benzene rings is 1. The number of nitrogens with one attached hydrogen (secondary N) is 1. The molecule has 1 rings (SSSR count). The van der Waals surface area contributed by atoms with Crippen LogP contribution in [0, 0.1) is 5.92 Å². The monoisotopic (exact) mass is 342 g/mol. The largest absolute Gasteiger partial charge is 0.489 e. The molecule has 0 aliphatic carbocycles. The highest BCUT2D eigenvalue weighted by molar-refractivity contribution is 9.10. The Balaban J connectivity index is 2.40. The first-order chi connectivity index (χ1) is 9.43. The zero-order valence-corrected chi connectivity index (χ0v) is 13.8. The number of rotatable bonds is 7. The first-order valence-electron chi connectivity index (χ1n) is 6.89. The first-order valence-corrected chi connectivity index (χ1v) is 7.68. The Hall–Kier alpha value is -1.07. The number of hydrogen-bond donors (Lipinski definition) is 2. The van der Waals surface area contributed by atoms with Crippen molar-refractivity contribution in [2.24, 2.45) is 11.7 Å². The minimum atomic E-state index is -0.460. The lowest BCUT2D eigenvalue weighted by Crippen LogP contribution is -2.47. The molecule has 1 aromatic rings. The molecule has 0 aliphatic rings. The standard InChI is InChI=1S/C15H23BrN2O2/c1-4-10(2)14(17)15(19)18-9-11(3)20-13-7-5-6-12(16)8-13/h5-8,10-11,14H,4,9,17H2,1-3H3,(H,18,19). The molecule has 5 heteroatoms. The SMILES string of the molecule is CCC(C)C(N)C(=O)NCC(C)Oc1cccc(Br)c1. The summed E-state index contributed by atoms with van der Waals surface area (Å²) in [4.78, 5) is 11.9. The van der Waals surface area contributed by atoms with Crippen LogP contribution in [-0.4, -0.2) is 24.6 Å². The third-order valence-electron chi connectivity index (χ3n) is 3.26. The van der Waals surface area contributed by atoms with E-state index in [9.17, 15) is 4.79 Å². The molecule has 1 aromatic carbocycles. The molecule has 0 radical (unpaired) electrons. The summed E-state index contributed by atoms with van der Waals surface area (Å²) >= 11 is 3.39. The Kier molecular flexibility index (Phi) is 7.02. The van der Waals surface area contributed by atoms with E-state index in [1.54, 1.807) is 0 Å². The summed E-state index contributed by atoms with van der Waals surface area (Å²) in [5.74, 6) is 0.827. The third-order valence-corrected chi connectivity index (χ3v) is 3.75. The molecule has 4 nitrogen and oxygen atoms in total. The summed E-state index contributed by atoms with van der Waals surface area (Å²) in [6, 6.07) is 7.16. The van der Waals surface area contributed by atoms with Crippen LogP contribution in [0.1, 0.15) is 27.2 Å². The van der Waals surface area contributed by atoms with Gasteiger partial charge in [-0.2, -0.15) is 0 Å². The van der Waals surface area contributed by atoms with E-state index in [4.69, 9.17) is 10.5 Å². The maximum atomic E-state index is 11.9. The Morgan fingerprint density at radius 1 is 1.45 bits per heavy atom. The van der Waals surface area contributed by atoms with Gasteiger partial charge in [-0.1, -0.05) is 42.3 Å². The van der Waals surface area contributed by atoms with Gasteiger partial charge in [0.15, 0.2) is 0 Å². The average molecular weight is 343 g/mol. The van der Waals surface area contributed by atoms with Gasteiger partial charge in [0.2, 0.25) is 5.91 Å². The lowest BCUT2D eigenvalue weighted by atomic mass is 9.99. The number of ether oxygens (including phenoxy) is 1.